The Morgan fingerprint density at radius 3 is 2.62 bits per heavy atom. The van der Waals surface area contributed by atoms with Crippen LogP contribution in [-0.4, -0.2) is 18.0 Å². The van der Waals surface area contributed by atoms with Crippen molar-refractivity contribution in [3.8, 4) is 0 Å². The number of nitrogens with one attached hydrogen (secondary N) is 2. The second kappa shape index (κ2) is 8.80. The molecule has 0 atom stereocenters. The Morgan fingerprint density at radius 2 is 1.92 bits per heavy atom. The average Bonchev–Trinajstić information content (AvgIpc) is 3.14. The number of benzene rings is 1. The van der Waals surface area contributed by atoms with Gasteiger partial charge in [-0.3, -0.25) is 4.99 Å². The zero-order chi connectivity index (χ0) is 16.2. The number of hydrogen-bond donors (Lipinski definition) is 2. The van der Waals surface area contributed by atoms with E-state index in [1.807, 2.05) is 0 Å². The molecule has 0 bridgehead atoms. The van der Waals surface area contributed by atoms with E-state index in [0.717, 1.165) is 23.2 Å². The number of rotatable bonds is 4. The van der Waals surface area contributed by atoms with Gasteiger partial charge < -0.3 is 10.6 Å². The van der Waals surface area contributed by atoms with Crippen LogP contribution in [-0.2, 0) is 25.9 Å². The predicted octanol–water partition coefficient (Wildman–Crippen LogP) is 3.73. The maximum absolute atomic E-state index is 4.55. The zero-order valence-corrected chi connectivity index (χ0v) is 17.6. The third kappa shape index (κ3) is 4.69. The summed E-state index contributed by atoms with van der Waals surface area (Å²) >= 11 is 1.74. The maximum atomic E-state index is 4.55. The zero-order valence-electron chi connectivity index (χ0n) is 14.5. The third-order valence-electron chi connectivity index (χ3n) is 4.33. The molecule has 0 amide bonds. The standard InChI is InChI=1S/C18H24N4S.HI/c1-12-13(2)23-17(22-12)11-21-18(19-3)20-10-14-7-8-15-5-4-6-16(15)9-14;/h7-9H,4-6,10-11H2,1-3H3,(H2,19,20,21);1H. The van der Waals surface area contributed by atoms with Gasteiger partial charge in [-0.05, 0) is 49.8 Å². The van der Waals surface area contributed by atoms with Gasteiger partial charge in [0.15, 0.2) is 5.96 Å². The topological polar surface area (TPSA) is 49.3 Å². The first-order valence-corrected chi connectivity index (χ1v) is 8.95. The number of aryl methyl sites for hydroxylation is 4. The molecule has 0 fully saturated rings. The fraction of sp³-hybridized carbons (Fsp3) is 0.444. The summed E-state index contributed by atoms with van der Waals surface area (Å²) in [6, 6.07) is 6.82. The van der Waals surface area contributed by atoms with E-state index in [1.165, 1.54) is 40.8 Å². The number of halogens is 1. The quantitative estimate of drug-likeness (QED) is 0.419. The maximum Gasteiger partial charge on any atom is 0.191 e. The Hall–Kier alpha value is -1.15. The Labute approximate surface area is 165 Å². The minimum Gasteiger partial charge on any atom is -0.352 e. The first-order chi connectivity index (χ1) is 11.2. The van der Waals surface area contributed by atoms with Crippen LogP contribution in [0.15, 0.2) is 23.2 Å². The first-order valence-electron chi connectivity index (χ1n) is 8.14. The van der Waals surface area contributed by atoms with E-state index >= 15 is 0 Å². The van der Waals surface area contributed by atoms with Gasteiger partial charge in [0.05, 0.1) is 12.2 Å². The fourth-order valence-electron chi connectivity index (χ4n) is 2.92. The van der Waals surface area contributed by atoms with Crippen molar-refractivity contribution in [1.82, 2.24) is 15.6 Å². The summed E-state index contributed by atoms with van der Waals surface area (Å²) in [6.45, 7) is 5.67. The molecule has 0 saturated carbocycles. The lowest BCUT2D eigenvalue weighted by molar-refractivity contribution is 0.802. The van der Waals surface area contributed by atoms with Crippen molar-refractivity contribution in [2.75, 3.05) is 7.05 Å². The van der Waals surface area contributed by atoms with E-state index in [4.69, 9.17) is 0 Å². The SMILES string of the molecule is CN=C(NCc1ccc2c(c1)CCC2)NCc1nc(C)c(C)s1.I. The van der Waals surface area contributed by atoms with Crippen LogP contribution in [0.5, 0.6) is 0 Å². The lowest BCUT2D eigenvalue weighted by atomic mass is 10.1. The second-order valence-corrected chi connectivity index (χ2v) is 7.27. The molecular weight excluding hydrogens is 431 g/mol. The van der Waals surface area contributed by atoms with E-state index < -0.39 is 0 Å². The summed E-state index contributed by atoms with van der Waals surface area (Å²) in [5.41, 5.74) is 5.47. The molecule has 0 saturated heterocycles. The highest BCUT2D eigenvalue weighted by atomic mass is 127. The van der Waals surface area contributed by atoms with Crippen molar-refractivity contribution in [2.45, 2.75) is 46.2 Å². The predicted molar refractivity (Wildman–Crippen MR) is 113 cm³/mol. The molecular formula is C18H25IN4S. The number of aromatic nitrogens is 1. The Balaban J connectivity index is 0.00000208. The van der Waals surface area contributed by atoms with Gasteiger partial charge in [-0.25, -0.2) is 4.98 Å². The third-order valence-corrected chi connectivity index (χ3v) is 5.40. The lowest BCUT2D eigenvalue weighted by Gasteiger charge is -2.12. The Kier molecular flexibility index (Phi) is 7.03. The van der Waals surface area contributed by atoms with Crippen LogP contribution in [0.3, 0.4) is 0 Å². The van der Waals surface area contributed by atoms with Gasteiger partial charge in [-0.1, -0.05) is 18.2 Å². The molecule has 0 radical (unpaired) electrons. The molecule has 1 heterocycles. The van der Waals surface area contributed by atoms with Crippen LogP contribution in [0.2, 0.25) is 0 Å². The molecule has 2 aromatic rings. The molecule has 6 heteroatoms. The molecule has 0 unspecified atom stereocenters. The number of thiazole rings is 1. The fourth-order valence-corrected chi connectivity index (χ4v) is 3.79. The normalized spacial score (nSPS) is 13.4. The summed E-state index contributed by atoms with van der Waals surface area (Å²) < 4.78 is 0. The molecule has 1 aromatic carbocycles. The summed E-state index contributed by atoms with van der Waals surface area (Å²) in [5, 5.41) is 7.82. The summed E-state index contributed by atoms with van der Waals surface area (Å²) in [5.74, 6) is 0.816. The Morgan fingerprint density at radius 1 is 1.17 bits per heavy atom. The largest absolute Gasteiger partial charge is 0.352 e. The highest BCUT2D eigenvalue weighted by Gasteiger charge is 2.11. The van der Waals surface area contributed by atoms with Crippen molar-refractivity contribution in [3.63, 3.8) is 0 Å². The van der Waals surface area contributed by atoms with Crippen molar-refractivity contribution in [1.29, 1.82) is 0 Å². The molecule has 0 aliphatic heterocycles. The number of hydrogen-bond acceptors (Lipinski definition) is 3. The van der Waals surface area contributed by atoms with Gasteiger partial charge in [0, 0.05) is 18.5 Å². The second-order valence-electron chi connectivity index (χ2n) is 5.99. The van der Waals surface area contributed by atoms with Crippen molar-refractivity contribution in [3.05, 3.63) is 50.5 Å². The molecule has 1 aliphatic rings. The van der Waals surface area contributed by atoms with Crippen LogP contribution in [0.4, 0.5) is 0 Å². The molecule has 130 valence electrons. The molecule has 2 N–H and O–H groups in total. The van der Waals surface area contributed by atoms with Gasteiger partial charge >= 0.3 is 0 Å². The summed E-state index contributed by atoms with van der Waals surface area (Å²) in [7, 11) is 1.80. The minimum absolute atomic E-state index is 0. The van der Waals surface area contributed by atoms with E-state index in [-0.39, 0.29) is 24.0 Å². The monoisotopic (exact) mass is 456 g/mol. The van der Waals surface area contributed by atoms with E-state index in [0.29, 0.717) is 6.54 Å². The smallest absolute Gasteiger partial charge is 0.191 e. The minimum atomic E-state index is 0. The number of nitrogens with zero attached hydrogens (tertiary/aromatic N) is 2. The lowest BCUT2D eigenvalue weighted by Crippen LogP contribution is -2.36. The van der Waals surface area contributed by atoms with E-state index in [9.17, 15) is 0 Å². The van der Waals surface area contributed by atoms with E-state index in [1.54, 1.807) is 18.4 Å². The van der Waals surface area contributed by atoms with Crippen molar-refractivity contribution in [2.24, 2.45) is 4.99 Å². The molecule has 0 spiro atoms. The van der Waals surface area contributed by atoms with Crippen LogP contribution in [0, 0.1) is 13.8 Å². The molecule has 24 heavy (non-hydrogen) atoms. The molecule has 4 nitrogen and oxygen atoms in total. The van der Waals surface area contributed by atoms with Gasteiger partial charge in [0.2, 0.25) is 0 Å². The van der Waals surface area contributed by atoms with Crippen molar-refractivity contribution >= 4 is 41.3 Å². The van der Waals surface area contributed by atoms with Crippen molar-refractivity contribution < 1.29 is 0 Å². The van der Waals surface area contributed by atoms with Crippen LogP contribution < -0.4 is 10.6 Å². The van der Waals surface area contributed by atoms with Gasteiger partial charge in [0.25, 0.3) is 0 Å². The summed E-state index contributed by atoms with van der Waals surface area (Å²) in [6.07, 6.45) is 3.75. The van der Waals surface area contributed by atoms with E-state index in [2.05, 4.69) is 52.7 Å². The van der Waals surface area contributed by atoms with Crippen LogP contribution in [0.1, 0.15) is 38.7 Å². The number of guanidine groups is 1. The van der Waals surface area contributed by atoms with Crippen LogP contribution >= 0.6 is 35.3 Å². The van der Waals surface area contributed by atoms with Crippen LogP contribution in [0.25, 0.3) is 0 Å². The summed E-state index contributed by atoms with van der Waals surface area (Å²) in [4.78, 5) is 10.1. The molecule has 1 aromatic heterocycles. The van der Waals surface area contributed by atoms with Gasteiger partial charge in [-0.2, -0.15) is 0 Å². The highest BCUT2D eigenvalue weighted by molar-refractivity contribution is 14.0. The van der Waals surface area contributed by atoms with Gasteiger partial charge in [0.1, 0.15) is 5.01 Å². The molecule has 3 rings (SSSR count). The highest BCUT2D eigenvalue weighted by Crippen LogP contribution is 2.22. The number of aliphatic imine (C=N–C) groups is 1. The Bertz CT molecular complexity index is 704. The average molecular weight is 456 g/mol. The first kappa shape index (κ1) is 19.2. The van der Waals surface area contributed by atoms with Gasteiger partial charge in [-0.15, -0.1) is 35.3 Å². The molecule has 1 aliphatic carbocycles. The number of fused-ring (bicyclic) bond motifs is 1.